The van der Waals surface area contributed by atoms with E-state index >= 15 is 0 Å². The van der Waals surface area contributed by atoms with Crippen molar-refractivity contribution in [3.63, 3.8) is 0 Å². The van der Waals surface area contributed by atoms with E-state index in [1.807, 2.05) is 74.6 Å². The lowest BCUT2D eigenvalue weighted by molar-refractivity contribution is 0.549. The van der Waals surface area contributed by atoms with Gasteiger partial charge in [0.2, 0.25) is 0 Å². The highest BCUT2D eigenvalue weighted by atomic mass is 19.1. The Bertz CT molecular complexity index is 1020. The SMILES string of the molecule is Bc1ccc(C2=C(F)CC(c3ccc(-c4ccccc4)cc3F)C=C2)cc1. The van der Waals surface area contributed by atoms with Crippen molar-refractivity contribution in [2.75, 3.05) is 0 Å². The molecule has 0 aliphatic heterocycles. The van der Waals surface area contributed by atoms with Gasteiger partial charge in [-0.05, 0) is 28.3 Å². The average Bonchev–Trinajstić information content (AvgIpc) is 2.69. The Morgan fingerprint density at radius 2 is 1.48 bits per heavy atom. The molecule has 0 N–H and O–H groups in total. The number of rotatable bonds is 3. The van der Waals surface area contributed by atoms with E-state index in [9.17, 15) is 8.78 Å². The van der Waals surface area contributed by atoms with Gasteiger partial charge >= 0.3 is 0 Å². The molecule has 3 heteroatoms. The predicted molar refractivity (Wildman–Crippen MR) is 111 cm³/mol. The Morgan fingerprint density at radius 1 is 0.778 bits per heavy atom. The molecule has 3 aromatic carbocycles. The molecule has 0 saturated carbocycles. The monoisotopic (exact) mass is 356 g/mol. The molecular weight excluding hydrogens is 337 g/mol. The highest BCUT2D eigenvalue weighted by molar-refractivity contribution is 6.32. The fourth-order valence-electron chi connectivity index (χ4n) is 3.51. The lowest BCUT2D eigenvalue weighted by Crippen LogP contribution is -2.05. The van der Waals surface area contributed by atoms with Gasteiger partial charge in [0.15, 0.2) is 0 Å². The van der Waals surface area contributed by atoms with Crippen molar-refractivity contribution in [1.29, 1.82) is 0 Å². The smallest absolute Gasteiger partial charge is 0.139 e. The summed E-state index contributed by atoms with van der Waals surface area (Å²) < 4.78 is 29.5. The van der Waals surface area contributed by atoms with Gasteiger partial charge in [-0.2, -0.15) is 0 Å². The maximum absolute atomic E-state index is 14.8. The molecule has 0 aromatic heterocycles. The van der Waals surface area contributed by atoms with Crippen molar-refractivity contribution in [2.24, 2.45) is 0 Å². The molecule has 0 saturated heterocycles. The van der Waals surface area contributed by atoms with Crippen molar-refractivity contribution in [3.8, 4) is 11.1 Å². The molecule has 1 aliphatic carbocycles. The fraction of sp³-hybridized carbons (Fsp3) is 0.0833. The largest absolute Gasteiger partial charge is 0.211 e. The van der Waals surface area contributed by atoms with Crippen LogP contribution < -0.4 is 5.46 Å². The summed E-state index contributed by atoms with van der Waals surface area (Å²) in [4.78, 5) is 0. The second-order valence-corrected chi connectivity index (χ2v) is 6.96. The van der Waals surface area contributed by atoms with Crippen molar-refractivity contribution < 1.29 is 8.78 Å². The van der Waals surface area contributed by atoms with Crippen molar-refractivity contribution >= 4 is 18.9 Å². The van der Waals surface area contributed by atoms with E-state index in [-0.39, 0.29) is 24.0 Å². The van der Waals surface area contributed by atoms with Crippen LogP contribution in [-0.4, -0.2) is 7.85 Å². The third-order valence-corrected chi connectivity index (χ3v) is 5.06. The molecule has 0 spiro atoms. The summed E-state index contributed by atoms with van der Waals surface area (Å²) in [5.74, 6) is -0.778. The van der Waals surface area contributed by atoms with Gasteiger partial charge in [-0.25, -0.2) is 8.78 Å². The van der Waals surface area contributed by atoms with Gasteiger partial charge in [-0.15, -0.1) is 0 Å². The van der Waals surface area contributed by atoms with Crippen LogP contribution >= 0.6 is 0 Å². The van der Waals surface area contributed by atoms with Crippen LogP contribution in [0.5, 0.6) is 0 Å². The molecule has 1 atom stereocenters. The maximum Gasteiger partial charge on any atom is 0.139 e. The molecule has 0 heterocycles. The first-order valence-corrected chi connectivity index (χ1v) is 9.10. The number of hydrogen-bond acceptors (Lipinski definition) is 0. The highest BCUT2D eigenvalue weighted by Gasteiger charge is 2.21. The normalized spacial score (nSPS) is 16.6. The van der Waals surface area contributed by atoms with Gasteiger partial charge in [0, 0.05) is 17.9 Å². The molecule has 1 aliphatic rings. The summed E-state index contributed by atoms with van der Waals surface area (Å²) in [6.07, 6.45) is 3.86. The molecule has 0 nitrogen and oxygen atoms in total. The Hall–Kier alpha value is -2.94. The van der Waals surface area contributed by atoms with Gasteiger partial charge in [-0.1, -0.05) is 84.3 Å². The second-order valence-electron chi connectivity index (χ2n) is 6.96. The first-order chi connectivity index (χ1) is 13.1. The van der Waals surface area contributed by atoms with Crippen LogP contribution in [0, 0.1) is 5.82 Å². The Kier molecular flexibility index (Phi) is 4.76. The molecule has 0 radical (unpaired) electrons. The lowest BCUT2D eigenvalue weighted by Gasteiger charge is -2.20. The van der Waals surface area contributed by atoms with Gasteiger partial charge in [-0.3, -0.25) is 0 Å². The molecule has 3 aromatic rings. The Balaban J connectivity index is 1.59. The van der Waals surface area contributed by atoms with Gasteiger partial charge in [0.05, 0.1) is 0 Å². The van der Waals surface area contributed by atoms with Gasteiger partial charge < -0.3 is 0 Å². The van der Waals surface area contributed by atoms with Crippen molar-refractivity contribution in [1.82, 2.24) is 0 Å². The zero-order valence-corrected chi connectivity index (χ0v) is 15.1. The second kappa shape index (κ2) is 7.36. The van der Waals surface area contributed by atoms with E-state index in [1.54, 1.807) is 12.1 Å². The maximum atomic E-state index is 14.8. The van der Waals surface area contributed by atoms with Crippen LogP contribution in [0.15, 0.2) is 90.8 Å². The van der Waals surface area contributed by atoms with Crippen LogP contribution in [0.4, 0.5) is 8.78 Å². The fourth-order valence-corrected chi connectivity index (χ4v) is 3.51. The summed E-state index contributed by atoms with van der Waals surface area (Å²) in [5, 5.41) is 0. The molecule has 0 fully saturated rings. The molecule has 0 amide bonds. The van der Waals surface area contributed by atoms with Crippen LogP contribution in [-0.2, 0) is 0 Å². The molecule has 0 bridgehead atoms. The van der Waals surface area contributed by atoms with Gasteiger partial charge in [0.25, 0.3) is 0 Å². The molecule has 1 unspecified atom stereocenters. The van der Waals surface area contributed by atoms with E-state index in [2.05, 4.69) is 0 Å². The molecule has 4 rings (SSSR count). The van der Waals surface area contributed by atoms with Crippen LogP contribution in [0.3, 0.4) is 0 Å². The minimum absolute atomic E-state index is 0.182. The van der Waals surface area contributed by atoms with Crippen LogP contribution in [0.1, 0.15) is 23.5 Å². The number of allylic oxidation sites excluding steroid dienone is 4. The molecule has 132 valence electrons. The zero-order chi connectivity index (χ0) is 18.8. The number of hydrogen-bond donors (Lipinski definition) is 0. The average molecular weight is 356 g/mol. The first kappa shape index (κ1) is 17.5. The predicted octanol–water partition coefficient (Wildman–Crippen LogP) is 5.18. The summed E-state index contributed by atoms with van der Waals surface area (Å²) >= 11 is 0. The van der Waals surface area contributed by atoms with Crippen molar-refractivity contribution in [2.45, 2.75) is 12.3 Å². The summed E-state index contributed by atoms with van der Waals surface area (Å²) in [6, 6.07) is 22.7. The van der Waals surface area contributed by atoms with Crippen LogP contribution in [0.25, 0.3) is 16.7 Å². The first-order valence-electron chi connectivity index (χ1n) is 9.10. The van der Waals surface area contributed by atoms with E-state index in [0.29, 0.717) is 11.1 Å². The third-order valence-electron chi connectivity index (χ3n) is 5.06. The van der Waals surface area contributed by atoms with E-state index in [0.717, 1.165) is 22.2 Å². The van der Waals surface area contributed by atoms with E-state index < -0.39 is 0 Å². The molecular formula is C24H19BF2. The summed E-state index contributed by atoms with van der Waals surface area (Å²) in [5.41, 5.74) is 4.91. The zero-order valence-electron chi connectivity index (χ0n) is 15.1. The van der Waals surface area contributed by atoms with E-state index in [1.165, 1.54) is 6.07 Å². The summed E-state index contributed by atoms with van der Waals surface area (Å²) in [7, 11) is 2.00. The highest BCUT2D eigenvalue weighted by Crippen LogP contribution is 2.37. The Morgan fingerprint density at radius 3 is 2.15 bits per heavy atom. The van der Waals surface area contributed by atoms with Crippen LogP contribution in [0.2, 0.25) is 0 Å². The third kappa shape index (κ3) is 3.63. The van der Waals surface area contributed by atoms with Gasteiger partial charge in [0.1, 0.15) is 19.5 Å². The van der Waals surface area contributed by atoms with E-state index in [4.69, 9.17) is 0 Å². The lowest BCUT2D eigenvalue weighted by atomic mass is 9.85. The standard InChI is InChI=1S/C24H19BF2/c25-20-10-6-17(7-11-20)21-13-9-19(15-24(21)27)22-12-8-18(14-23(22)26)16-4-2-1-3-5-16/h1-14,19H,15,25H2. The topological polar surface area (TPSA) is 0 Å². The number of benzene rings is 3. The quantitative estimate of drug-likeness (QED) is 0.568. The number of halogens is 2. The minimum atomic E-state index is -0.294. The van der Waals surface area contributed by atoms with Crippen molar-refractivity contribution in [3.05, 3.63) is 108 Å². The summed E-state index contributed by atoms with van der Waals surface area (Å²) in [6.45, 7) is 0. The minimum Gasteiger partial charge on any atom is -0.211 e. The molecule has 27 heavy (non-hydrogen) atoms. The Labute approximate surface area is 159 Å².